The molecule has 0 atom stereocenters. The molecule has 1 spiro atoms. The van der Waals surface area contributed by atoms with Gasteiger partial charge >= 0.3 is 0 Å². The maximum Gasteiger partial charge on any atom is 0.224 e. The van der Waals surface area contributed by atoms with Gasteiger partial charge in [0.1, 0.15) is 0 Å². The van der Waals surface area contributed by atoms with E-state index in [0.29, 0.717) is 5.41 Å². The van der Waals surface area contributed by atoms with E-state index in [1.807, 2.05) is 31.4 Å². The smallest absolute Gasteiger partial charge is 0.224 e. The predicted molar refractivity (Wildman–Crippen MR) is 95.3 cm³/mol. The van der Waals surface area contributed by atoms with E-state index in [1.54, 1.807) is 0 Å². The van der Waals surface area contributed by atoms with Crippen LogP contribution in [0.1, 0.15) is 24.8 Å². The van der Waals surface area contributed by atoms with Gasteiger partial charge < -0.3 is 10.2 Å². The van der Waals surface area contributed by atoms with Crippen molar-refractivity contribution in [2.75, 3.05) is 45.2 Å². The molecule has 2 aliphatic heterocycles. The fourth-order valence-corrected chi connectivity index (χ4v) is 3.45. The van der Waals surface area contributed by atoms with Crippen molar-refractivity contribution in [3.8, 4) is 0 Å². The molecule has 1 aromatic rings. The first kappa shape index (κ1) is 19.4. The van der Waals surface area contributed by atoms with E-state index in [4.69, 9.17) is 0 Å². The number of anilines is 1. The predicted octanol–water partition coefficient (Wildman–Crippen LogP) is 1.96. The molecule has 2 saturated heterocycles. The van der Waals surface area contributed by atoms with Crippen LogP contribution in [0.4, 0.5) is 5.95 Å². The number of hydrogen-bond acceptors (Lipinski definition) is 5. The summed E-state index contributed by atoms with van der Waals surface area (Å²) in [6, 6.07) is 0. The zero-order valence-corrected chi connectivity index (χ0v) is 15.0. The van der Waals surface area contributed by atoms with Crippen molar-refractivity contribution in [3.63, 3.8) is 0 Å². The Hall–Kier alpha value is -0.620. The number of nitrogens with zero attached hydrogens (tertiary/aromatic N) is 4. The van der Waals surface area contributed by atoms with E-state index >= 15 is 0 Å². The van der Waals surface area contributed by atoms with Gasteiger partial charge in [-0.2, -0.15) is 0 Å². The van der Waals surface area contributed by atoms with Crippen molar-refractivity contribution in [2.24, 2.45) is 5.41 Å². The second-order valence-electron chi connectivity index (χ2n) is 6.50. The van der Waals surface area contributed by atoms with Gasteiger partial charge in [0.15, 0.2) is 0 Å². The number of nitrogens with one attached hydrogen (secondary N) is 1. The zero-order valence-electron chi connectivity index (χ0n) is 13.4. The first-order chi connectivity index (χ1) is 9.67. The summed E-state index contributed by atoms with van der Waals surface area (Å²) in [7, 11) is 3.94. The van der Waals surface area contributed by atoms with Crippen molar-refractivity contribution in [1.29, 1.82) is 0 Å². The lowest BCUT2D eigenvalue weighted by atomic mass is 9.78. The van der Waals surface area contributed by atoms with Crippen molar-refractivity contribution < 1.29 is 0 Å². The Morgan fingerprint density at radius 1 is 1.14 bits per heavy atom. The Morgan fingerprint density at radius 3 is 2.36 bits per heavy atom. The maximum atomic E-state index is 4.40. The molecule has 0 aromatic carbocycles. The number of likely N-dealkylation sites (tertiary alicyclic amines) is 1. The SMILES string of the molecule is CN(C)c1ncc(CN2CCC3(CCNCC3)C2)cn1.Cl.Cl. The molecule has 0 saturated carbocycles. The Labute approximate surface area is 145 Å². The van der Waals surface area contributed by atoms with E-state index in [2.05, 4.69) is 20.2 Å². The highest BCUT2D eigenvalue weighted by atomic mass is 35.5. The summed E-state index contributed by atoms with van der Waals surface area (Å²) in [5.41, 5.74) is 1.80. The molecule has 22 heavy (non-hydrogen) atoms. The van der Waals surface area contributed by atoms with E-state index in [0.717, 1.165) is 12.5 Å². The summed E-state index contributed by atoms with van der Waals surface area (Å²) in [6.07, 6.45) is 7.95. The topological polar surface area (TPSA) is 44.3 Å². The molecule has 3 rings (SSSR count). The van der Waals surface area contributed by atoms with Gasteiger partial charge in [-0.05, 0) is 44.3 Å². The normalized spacial score (nSPS) is 20.3. The van der Waals surface area contributed by atoms with Crippen LogP contribution >= 0.6 is 24.8 Å². The molecule has 0 amide bonds. The van der Waals surface area contributed by atoms with Crippen LogP contribution in [-0.2, 0) is 6.54 Å². The average molecular weight is 348 g/mol. The summed E-state index contributed by atoms with van der Waals surface area (Å²) in [4.78, 5) is 13.3. The summed E-state index contributed by atoms with van der Waals surface area (Å²) >= 11 is 0. The molecule has 7 heteroatoms. The van der Waals surface area contributed by atoms with Crippen LogP contribution in [0.25, 0.3) is 0 Å². The van der Waals surface area contributed by atoms with Gasteiger partial charge in [0.25, 0.3) is 0 Å². The zero-order chi connectivity index (χ0) is 14.0. The van der Waals surface area contributed by atoms with Gasteiger partial charge in [-0.15, -0.1) is 24.8 Å². The Kier molecular flexibility index (Phi) is 7.32. The lowest BCUT2D eigenvalue weighted by Gasteiger charge is -2.33. The fraction of sp³-hybridized carbons (Fsp3) is 0.733. The average Bonchev–Trinajstić information content (AvgIpc) is 2.83. The Morgan fingerprint density at radius 2 is 1.77 bits per heavy atom. The minimum absolute atomic E-state index is 0. The third-order valence-corrected chi connectivity index (χ3v) is 4.68. The molecule has 0 bridgehead atoms. The van der Waals surface area contributed by atoms with Crippen molar-refractivity contribution in [3.05, 3.63) is 18.0 Å². The van der Waals surface area contributed by atoms with Gasteiger partial charge in [0.05, 0.1) is 0 Å². The third kappa shape index (κ3) is 4.44. The standard InChI is InChI=1S/C15H25N5.2ClH/c1-19(2)14-17-9-13(10-18-14)11-20-8-5-15(12-20)3-6-16-7-4-15;;/h9-10,16H,3-8,11-12H2,1-2H3;2*1H. The first-order valence-electron chi connectivity index (χ1n) is 7.58. The molecule has 0 aliphatic carbocycles. The summed E-state index contributed by atoms with van der Waals surface area (Å²) in [6.45, 7) is 5.82. The largest absolute Gasteiger partial charge is 0.347 e. The van der Waals surface area contributed by atoms with Gasteiger partial charge in [0, 0.05) is 45.1 Å². The number of piperidine rings is 1. The van der Waals surface area contributed by atoms with E-state index < -0.39 is 0 Å². The van der Waals surface area contributed by atoms with Crippen LogP contribution in [0.2, 0.25) is 0 Å². The summed E-state index contributed by atoms with van der Waals surface area (Å²) in [5.74, 6) is 0.782. The van der Waals surface area contributed by atoms with Crippen LogP contribution in [0.3, 0.4) is 0 Å². The molecule has 0 radical (unpaired) electrons. The van der Waals surface area contributed by atoms with Crippen LogP contribution in [0, 0.1) is 5.41 Å². The summed E-state index contributed by atoms with van der Waals surface area (Å²) in [5, 5.41) is 3.47. The van der Waals surface area contributed by atoms with Crippen molar-refractivity contribution >= 4 is 30.8 Å². The van der Waals surface area contributed by atoms with Crippen molar-refractivity contribution in [1.82, 2.24) is 20.2 Å². The molecule has 3 heterocycles. The van der Waals surface area contributed by atoms with Gasteiger partial charge in [-0.3, -0.25) is 4.90 Å². The molecule has 5 nitrogen and oxygen atoms in total. The third-order valence-electron chi connectivity index (χ3n) is 4.68. The molecule has 1 aromatic heterocycles. The number of rotatable bonds is 3. The van der Waals surface area contributed by atoms with E-state index in [1.165, 1.54) is 51.0 Å². The van der Waals surface area contributed by atoms with Crippen LogP contribution < -0.4 is 10.2 Å². The van der Waals surface area contributed by atoms with E-state index in [-0.39, 0.29) is 24.8 Å². The van der Waals surface area contributed by atoms with Gasteiger partial charge in [0.2, 0.25) is 5.95 Å². The van der Waals surface area contributed by atoms with Crippen LogP contribution in [-0.4, -0.2) is 55.1 Å². The minimum atomic E-state index is 0. The quantitative estimate of drug-likeness (QED) is 0.905. The molecule has 1 N–H and O–H groups in total. The van der Waals surface area contributed by atoms with Gasteiger partial charge in [-0.25, -0.2) is 9.97 Å². The molecule has 126 valence electrons. The number of hydrogen-bond donors (Lipinski definition) is 1. The highest BCUT2D eigenvalue weighted by Crippen LogP contribution is 2.38. The monoisotopic (exact) mass is 347 g/mol. The minimum Gasteiger partial charge on any atom is -0.347 e. The van der Waals surface area contributed by atoms with Crippen LogP contribution in [0.5, 0.6) is 0 Å². The maximum absolute atomic E-state index is 4.40. The molecular formula is C15H27Cl2N5. The van der Waals surface area contributed by atoms with E-state index in [9.17, 15) is 0 Å². The highest BCUT2D eigenvalue weighted by Gasteiger charge is 2.38. The second kappa shape index (κ2) is 8.29. The number of halogens is 2. The molecule has 0 unspecified atom stereocenters. The summed E-state index contributed by atoms with van der Waals surface area (Å²) < 4.78 is 0. The second-order valence-corrected chi connectivity index (χ2v) is 6.50. The number of aromatic nitrogens is 2. The van der Waals surface area contributed by atoms with Crippen LogP contribution in [0.15, 0.2) is 12.4 Å². The molecule has 2 aliphatic rings. The lowest BCUT2D eigenvalue weighted by molar-refractivity contribution is 0.194. The fourth-order valence-electron chi connectivity index (χ4n) is 3.45. The Bertz CT molecular complexity index is 446. The molecule has 2 fully saturated rings. The highest BCUT2D eigenvalue weighted by molar-refractivity contribution is 5.85. The Balaban J connectivity index is 0.00000121. The van der Waals surface area contributed by atoms with Gasteiger partial charge in [-0.1, -0.05) is 0 Å². The lowest BCUT2D eigenvalue weighted by Crippen LogP contribution is -2.38. The molecular weight excluding hydrogens is 321 g/mol. The first-order valence-corrected chi connectivity index (χ1v) is 7.58. The van der Waals surface area contributed by atoms with Crippen molar-refractivity contribution in [2.45, 2.75) is 25.8 Å².